The van der Waals surface area contributed by atoms with E-state index in [9.17, 15) is 30.6 Å². The van der Waals surface area contributed by atoms with Crippen molar-refractivity contribution in [2.75, 3.05) is 53.4 Å². The third-order valence-corrected chi connectivity index (χ3v) is 25.8. The lowest BCUT2D eigenvalue weighted by molar-refractivity contribution is -0.247. The second kappa shape index (κ2) is 38.5. The zero-order valence-corrected chi connectivity index (χ0v) is 78.1. The molecule has 3 unspecified atom stereocenters. The molecule has 16 fully saturated rings. The van der Waals surface area contributed by atoms with Crippen LogP contribution in [0.5, 0.6) is 0 Å². The largest absolute Gasteiger partial charge is 0.394 e. The van der Waals surface area contributed by atoms with Gasteiger partial charge in [0, 0.05) is 42.6 Å². The van der Waals surface area contributed by atoms with Crippen molar-refractivity contribution < 1.29 is 159 Å². The van der Waals surface area contributed by atoms with E-state index in [-0.39, 0.29) is 155 Å². The monoisotopic (exact) mass is 1760 g/mol. The van der Waals surface area contributed by atoms with E-state index >= 15 is 0 Å². The standard InChI is InChI=1S/C14H16.C13H22O5.C12H20O6.2C11H20O4.2C10H18O5.C9H16O4/c1-11(2)9-12-7-8-13-5-3-4-6-14(13)10-12;1-7-9(8-6-14-12(2,3)16-8)15-11-10(7)17-13(4,5)18-11;1-11(2)14-5-6(16-11)8-7(13)9-10(15-8)18-12(3,4)17-9;2*1-5-11(6-12)7(2)8-9(15-11)14-10(3,4)13-8;1-6-7-8(14-9(2,3)13-7)15-10(6,4-11)5-12;1-5-7(6(12)4-11)13-9-8(5)14-10(2,3)15-9;1-5-6-8(11-7(5)10-4)13-9(2,3)12-6/h3-8,10-11H,9H2,1-2H3;7-11H,6H2,1-5H3;6-10,13H,5H2,1-4H3;2*7-9,12H,5-6H2,1-4H3;6-8,11-12H,4-5H2,1-3H3;5-9,11-12H,4H2,1-3H3;5-8H,1-4H3/t;7-,8?,9+,10-,11-;6?,7-,8-,9-,10-;7-,8+,9-,11+;7-,8+,9-,11-;6-,7+,8-;5-,6?,7+,8-,9-;5-,6+,7-,8+/m.1100010/s1. The zero-order valence-electron chi connectivity index (χ0n) is 78.1. The highest BCUT2D eigenvalue weighted by Gasteiger charge is 2.65. The normalized spacial score (nSPS) is 43.2. The van der Waals surface area contributed by atoms with E-state index in [0.717, 1.165) is 18.8 Å². The van der Waals surface area contributed by atoms with Crippen molar-refractivity contribution >= 4 is 10.8 Å². The van der Waals surface area contributed by atoms with Crippen molar-refractivity contribution in [2.24, 2.45) is 41.4 Å². The highest BCUT2D eigenvalue weighted by molar-refractivity contribution is 5.83. The minimum Gasteiger partial charge on any atom is -0.394 e. The Balaban J connectivity index is 0.000000137. The maximum absolute atomic E-state index is 10.3. The Labute approximate surface area is 727 Å². The lowest BCUT2D eigenvalue weighted by atomic mass is 9.86. The van der Waals surface area contributed by atoms with Crippen LogP contribution in [0.4, 0.5) is 0 Å². The van der Waals surface area contributed by atoms with E-state index in [1.54, 1.807) is 21.0 Å². The number of hydrogen-bond donors (Lipinski definition) is 7. The Morgan fingerprint density at radius 3 is 1.07 bits per heavy atom. The molecule has 16 aliphatic heterocycles. The summed E-state index contributed by atoms with van der Waals surface area (Å²) in [6.45, 7) is 54.4. The smallest absolute Gasteiger partial charge is 0.190 e. The molecular weight excluding hydrogens is 1610 g/mol. The van der Waals surface area contributed by atoms with Crippen molar-refractivity contribution in [1.82, 2.24) is 0 Å². The molecule has 0 radical (unpaired) electrons. The van der Waals surface area contributed by atoms with Crippen molar-refractivity contribution in [3.05, 3.63) is 48.0 Å². The Kier molecular flexibility index (Phi) is 31.6. The van der Waals surface area contributed by atoms with Gasteiger partial charge in [0.2, 0.25) is 0 Å². The molecule has 0 aliphatic carbocycles. The molecule has 2 aromatic carbocycles. The average molecular weight is 1760 g/mol. The molecule has 2 aromatic rings. The molecule has 16 heterocycles. The van der Waals surface area contributed by atoms with Crippen LogP contribution in [0.15, 0.2) is 42.5 Å². The number of fused-ring (bicyclic) bond motifs is 8. The summed E-state index contributed by atoms with van der Waals surface area (Å²) in [6, 6.07) is 15.3. The van der Waals surface area contributed by atoms with Crippen LogP contribution in [0.1, 0.15) is 212 Å². The third-order valence-electron chi connectivity index (χ3n) is 25.8. The predicted octanol–water partition coefficient (Wildman–Crippen LogP) is 9.42. The van der Waals surface area contributed by atoms with Gasteiger partial charge < -0.3 is 159 Å². The van der Waals surface area contributed by atoms with E-state index in [2.05, 4.69) is 77.1 Å². The number of rotatable bonds is 13. The van der Waals surface area contributed by atoms with E-state index in [1.165, 1.54) is 22.8 Å². The van der Waals surface area contributed by atoms with Gasteiger partial charge in [-0.05, 0) is 166 Å². The molecule has 30 atom stereocenters. The first kappa shape index (κ1) is 101. The topological polar surface area (TPSA) is 382 Å². The molecule has 33 heteroatoms. The summed E-state index contributed by atoms with van der Waals surface area (Å²) in [5.74, 6) is -3.96. The quantitative estimate of drug-likeness (QED) is 0.0981. The SMILES string of the molecule is CC(C)Cc1ccc2ccccc2c1.CC1(C)OCC([C@H]2O[C@@H]3OC(C)(C)O[C@@H]3[C@@H]2O)O1.CC[C@@]1(CO)O[C@@H]2OC(C)(C)O[C@@H]2[C@@H]1C.CC[C@]1(CO)O[C@@H]2OC(C)(C)O[C@@H]2[C@@H]1C.CO[C@H]1O[C@@H]2OC(C)(C)O[C@@H]2[C@@H]1C.C[C@H]1[C@H]2OC(C)(C)O[C@H]2OC1(CO)CO.C[C@H]1[C@H]2OC(C)(C)O[C@H]2O[C@@H]1C(O)CO.C[C@H]1[C@H]2OC(C)(C)O[C@H]2O[C@@H]1C1COC(C)(C)O1. The minimum absolute atomic E-state index is 0.0000463. The van der Waals surface area contributed by atoms with E-state index in [1.807, 2.05) is 145 Å². The van der Waals surface area contributed by atoms with Gasteiger partial charge in [-0.1, -0.05) is 112 Å². The average Bonchev–Trinajstić information content (AvgIpc) is 1.60. The molecule has 33 nitrogen and oxygen atoms in total. The van der Waals surface area contributed by atoms with Crippen LogP contribution < -0.4 is 0 Å². The first-order valence-electron chi connectivity index (χ1n) is 44.3. The molecule has 18 rings (SSSR count). The molecule has 0 saturated carbocycles. The number of benzene rings is 2. The molecule has 16 saturated heterocycles. The van der Waals surface area contributed by atoms with Gasteiger partial charge in [0.15, 0.2) is 102 Å². The van der Waals surface area contributed by atoms with Gasteiger partial charge in [0.1, 0.15) is 78.8 Å². The first-order valence-corrected chi connectivity index (χ1v) is 44.3. The van der Waals surface area contributed by atoms with Crippen LogP contribution in [0, 0.1) is 41.4 Å². The zero-order chi connectivity index (χ0) is 90.9. The van der Waals surface area contributed by atoms with Crippen LogP contribution in [-0.2, 0) is 130 Å². The van der Waals surface area contributed by atoms with Crippen LogP contribution in [0.3, 0.4) is 0 Å². The summed E-state index contributed by atoms with van der Waals surface area (Å²) in [6.07, 6.45) is -4.05. The van der Waals surface area contributed by atoms with Gasteiger partial charge in [-0.2, -0.15) is 0 Å². The third kappa shape index (κ3) is 22.8. The predicted molar refractivity (Wildman–Crippen MR) is 440 cm³/mol. The summed E-state index contributed by atoms with van der Waals surface area (Å²) >= 11 is 0. The van der Waals surface area contributed by atoms with Crippen molar-refractivity contribution in [1.29, 1.82) is 0 Å². The number of aliphatic hydroxyl groups excluding tert-OH is 7. The molecule has 0 spiro atoms. The fourth-order valence-electron chi connectivity index (χ4n) is 18.9. The Hall–Kier alpha value is -2.62. The van der Waals surface area contributed by atoms with Gasteiger partial charge in [0.25, 0.3) is 0 Å². The highest BCUT2D eigenvalue weighted by Crippen LogP contribution is 2.52. The first-order chi connectivity index (χ1) is 57.1. The van der Waals surface area contributed by atoms with Gasteiger partial charge >= 0.3 is 0 Å². The van der Waals surface area contributed by atoms with E-state index < -0.39 is 118 Å². The fraction of sp³-hybridized carbons (Fsp3) is 0.889. The summed E-state index contributed by atoms with van der Waals surface area (Å²) in [5, 5.41) is 68.8. The molecular formula is C90H150O33. The molecule has 708 valence electrons. The van der Waals surface area contributed by atoms with Crippen molar-refractivity contribution in [3.8, 4) is 0 Å². The summed E-state index contributed by atoms with van der Waals surface area (Å²) in [4.78, 5) is 0. The van der Waals surface area contributed by atoms with Crippen LogP contribution in [0.25, 0.3) is 10.8 Å². The lowest BCUT2D eigenvalue weighted by Gasteiger charge is -2.32. The lowest BCUT2D eigenvalue weighted by Crippen LogP contribution is -2.45. The molecule has 16 aliphatic rings. The second-order valence-corrected chi connectivity index (χ2v) is 39.9. The van der Waals surface area contributed by atoms with Crippen molar-refractivity contribution in [2.45, 2.75) is 418 Å². The van der Waals surface area contributed by atoms with Crippen LogP contribution >= 0.6 is 0 Å². The van der Waals surface area contributed by atoms with Gasteiger partial charge in [0.05, 0.1) is 69.7 Å². The number of methoxy groups -OCH3 is 1. The summed E-state index contributed by atoms with van der Waals surface area (Å²) < 4.78 is 147. The number of aliphatic hydroxyl groups is 7. The summed E-state index contributed by atoms with van der Waals surface area (Å²) in [5.41, 5.74) is -0.484. The number of ether oxygens (including phenoxy) is 26. The van der Waals surface area contributed by atoms with Gasteiger partial charge in [-0.15, -0.1) is 0 Å². The molecule has 0 bridgehead atoms. The molecule has 0 aromatic heterocycles. The van der Waals surface area contributed by atoms with Gasteiger partial charge in [-0.25, -0.2) is 0 Å². The Bertz CT molecular complexity index is 3500. The maximum atomic E-state index is 10.3. The van der Waals surface area contributed by atoms with Gasteiger partial charge in [-0.3, -0.25) is 0 Å². The number of hydrogen-bond acceptors (Lipinski definition) is 33. The van der Waals surface area contributed by atoms with E-state index in [4.69, 9.17) is 128 Å². The van der Waals surface area contributed by atoms with Crippen molar-refractivity contribution in [3.63, 3.8) is 0 Å². The maximum Gasteiger partial charge on any atom is 0.190 e. The molecule has 7 N–H and O–H groups in total. The fourth-order valence-corrected chi connectivity index (χ4v) is 18.9. The second-order valence-electron chi connectivity index (χ2n) is 39.9. The Morgan fingerprint density at radius 2 is 0.715 bits per heavy atom. The molecule has 123 heavy (non-hydrogen) atoms. The molecule has 0 amide bonds. The van der Waals surface area contributed by atoms with Crippen LogP contribution in [0.2, 0.25) is 0 Å². The highest BCUT2D eigenvalue weighted by atomic mass is 16.9. The van der Waals surface area contributed by atoms with Crippen LogP contribution in [-0.4, -0.2) is 294 Å². The Morgan fingerprint density at radius 1 is 0.366 bits per heavy atom. The van der Waals surface area contributed by atoms with E-state index in [0.29, 0.717) is 13.2 Å². The summed E-state index contributed by atoms with van der Waals surface area (Å²) in [7, 11) is 1.63. The minimum atomic E-state index is -0.939.